The lowest BCUT2D eigenvalue weighted by atomic mass is 10.1. The summed E-state index contributed by atoms with van der Waals surface area (Å²) in [6, 6.07) is 1.22. The maximum absolute atomic E-state index is 12.9. The van der Waals surface area contributed by atoms with Crippen molar-refractivity contribution in [3.05, 3.63) is 28.8 Å². The lowest BCUT2D eigenvalue weighted by molar-refractivity contribution is -0.144. The number of sulfonamides is 1. The highest BCUT2D eigenvalue weighted by atomic mass is 35.5. The first-order valence-electron chi connectivity index (χ1n) is 5.67. The molecular formula is C11H9ClF3NO4S. The molecular weight excluding hydrogens is 335 g/mol. The number of hydrogen-bond acceptors (Lipinski definition) is 3. The molecule has 5 nitrogen and oxygen atoms in total. The zero-order valence-electron chi connectivity index (χ0n) is 10.3. The maximum Gasteiger partial charge on any atom is 0.417 e. The summed E-state index contributed by atoms with van der Waals surface area (Å²) in [5.41, 5.74) is -1.41. The van der Waals surface area contributed by atoms with E-state index in [1.807, 2.05) is 0 Å². The van der Waals surface area contributed by atoms with Crippen LogP contribution in [0.1, 0.15) is 12.0 Å². The van der Waals surface area contributed by atoms with Crippen molar-refractivity contribution in [3.8, 4) is 0 Å². The summed E-state index contributed by atoms with van der Waals surface area (Å²) in [7, 11) is -4.64. The second-order valence-electron chi connectivity index (χ2n) is 4.37. The highest BCUT2D eigenvalue weighted by Gasteiger charge is 2.47. The molecule has 10 heteroatoms. The lowest BCUT2D eigenvalue weighted by Gasteiger charge is -2.37. The van der Waals surface area contributed by atoms with Gasteiger partial charge in [0.25, 0.3) is 0 Å². The number of carboxylic acid groups (broad SMARTS) is 1. The fourth-order valence-electron chi connectivity index (χ4n) is 2.01. The van der Waals surface area contributed by atoms with Gasteiger partial charge < -0.3 is 5.11 Å². The van der Waals surface area contributed by atoms with Crippen LogP contribution in [-0.2, 0) is 21.0 Å². The van der Waals surface area contributed by atoms with E-state index in [1.165, 1.54) is 0 Å². The Morgan fingerprint density at radius 1 is 1.38 bits per heavy atom. The topological polar surface area (TPSA) is 74.7 Å². The molecule has 0 bridgehead atoms. The van der Waals surface area contributed by atoms with Gasteiger partial charge in [-0.05, 0) is 18.6 Å². The van der Waals surface area contributed by atoms with Crippen molar-refractivity contribution in [2.45, 2.75) is 23.5 Å². The largest absolute Gasteiger partial charge is 0.480 e. The molecule has 1 aromatic carbocycles. The Balaban J connectivity index is 2.59. The molecule has 2 rings (SSSR count). The molecule has 1 saturated heterocycles. The Hall–Kier alpha value is -1.32. The molecule has 1 aliphatic rings. The second-order valence-corrected chi connectivity index (χ2v) is 6.61. The first-order valence-corrected chi connectivity index (χ1v) is 7.49. The van der Waals surface area contributed by atoms with Crippen molar-refractivity contribution in [2.24, 2.45) is 0 Å². The molecule has 1 unspecified atom stereocenters. The summed E-state index contributed by atoms with van der Waals surface area (Å²) < 4.78 is 63.9. The quantitative estimate of drug-likeness (QED) is 0.913. The molecule has 0 radical (unpaired) electrons. The fraction of sp³-hybridized carbons (Fsp3) is 0.364. The number of nitrogens with zero attached hydrogens (tertiary/aromatic N) is 1. The Kier molecular flexibility index (Phi) is 3.94. The molecule has 1 atom stereocenters. The van der Waals surface area contributed by atoms with E-state index in [0.29, 0.717) is 10.4 Å². The molecule has 1 fully saturated rings. The Bertz CT molecular complexity index is 689. The van der Waals surface area contributed by atoms with Gasteiger partial charge in [-0.3, -0.25) is 4.79 Å². The summed E-state index contributed by atoms with van der Waals surface area (Å²) >= 11 is 5.62. The van der Waals surface area contributed by atoms with Crippen LogP contribution in [0.3, 0.4) is 0 Å². The van der Waals surface area contributed by atoms with E-state index in [4.69, 9.17) is 16.7 Å². The summed E-state index contributed by atoms with van der Waals surface area (Å²) in [5, 5.41) is 8.25. The van der Waals surface area contributed by atoms with Crippen LogP contribution < -0.4 is 0 Å². The van der Waals surface area contributed by atoms with E-state index in [-0.39, 0.29) is 13.0 Å². The minimum absolute atomic E-state index is 0.0420. The molecule has 0 amide bonds. The minimum atomic E-state index is -4.92. The minimum Gasteiger partial charge on any atom is -0.480 e. The van der Waals surface area contributed by atoms with Crippen molar-refractivity contribution in [1.29, 1.82) is 0 Å². The van der Waals surface area contributed by atoms with Crippen molar-refractivity contribution in [2.75, 3.05) is 6.54 Å². The molecule has 0 aromatic heterocycles. The van der Waals surface area contributed by atoms with Gasteiger partial charge >= 0.3 is 12.1 Å². The molecule has 116 valence electrons. The number of carbonyl (C=O) groups is 1. The Morgan fingerprint density at radius 3 is 2.43 bits per heavy atom. The van der Waals surface area contributed by atoms with Crippen LogP contribution in [0.2, 0.25) is 5.02 Å². The standard InChI is InChI=1S/C11H9ClF3NO4S/c12-7-3-1-2-6(11(13,14)15)9(7)21(19,20)16-5-4-8(16)10(17)18/h1-3,8H,4-5H2,(H,17,18). The number of benzene rings is 1. The van der Waals surface area contributed by atoms with Crippen LogP contribution in [0.5, 0.6) is 0 Å². The van der Waals surface area contributed by atoms with Crippen molar-refractivity contribution in [3.63, 3.8) is 0 Å². The zero-order valence-corrected chi connectivity index (χ0v) is 11.8. The van der Waals surface area contributed by atoms with E-state index in [9.17, 15) is 26.4 Å². The first kappa shape index (κ1) is 16.1. The predicted molar refractivity (Wildman–Crippen MR) is 66.4 cm³/mol. The molecule has 0 aliphatic carbocycles. The van der Waals surface area contributed by atoms with Crippen LogP contribution in [-0.4, -0.2) is 36.4 Å². The number of carboxylic acids is 1. The Morgan fingerprint density at radius 2 is 2.00 bits per heavy atom. The van der Waals surface area contributed by atoms with E-state index in [1.54, 1.807) is 0 Å². The fourth-order valence-corrected chi connectivity index (χ4v) is 4.36. The number of hydrogen-bond donors (Lipinski definition) is 1. The summed E-state index contributed by atoms with van der Waals surface area (Å²) in [4.78, 5) is 9.77. The SMILES string of the molecule is O=C(O)C1CCN1S(=O)(=O)c1c(Cl)cccc1C(F)(F)F. The third-order valence-electron chi connectivity index (χ3n) is 3.09. The van der Waals surface area contributed by atoms with E-state index in [2.05, 4.69) is 0 Å². The van der Waals surface area contributed by atoms with Crippen LogP contribution >= 0.6 is 11.6 Å². The predicted octanol–water partition coefficient (Wildman–Crippen LogP) is 2.21. The van der Waals surface area contributed by atoms with E-state index >= 15 is 0 Å². The van der Waals surface area contributed by atoms with E-state index in [0.717, 1.165) is 12.1 Å². The highest BCUT2D eigenvalue weighted by molar-refractivity contribution is 7.89. The molecule has 1 N–H and O–H groups in total. The van der Waals surface area contributed by atoms with Gasteiger partial charge in [0, 0.05) is 6.54 Å². The van der Waals surface area contributed by atoms with Crippen LogP contribution in [0, 0.1) is 0 Å². The monoisotopic (exact) mass is 343 g/mol. The molecule has 1 aliphatic heterocycles. The van der Waals surface area contributed by atoms with Gasteiger partial charge in [0.05, 0.1) is 10.6 Å². The van der Waals surface area contributed by atoms with Crippen molar-refractivity contribution in [1.82, 2.24) is 4.31 Å². The smallest absolute Gasteiger partial charge is 0.417 e. The summed E-state index contributed by atoms with van der Waals surface area (Å²) in [5.74, 6) is -1.41. The van der Waals surface area contributed by atoms with Gasteiger partial charge in [-0.2, -0.15) is 17.5 Å². The third kappa shape index (κ3) is 2.72. The van der Waals surface area contributed by atoms with Crippen LogP contribution in [0.4, 0.5) is 13.2 Å². The van der Waals surface area contributed by atoms with Gasteiger partial charge in [0.2, 0.25) is 10.0 Å². The maximum atomic E-state index is 12.9. The lowest BCUT2D eigenvalue weighted by Crippen LogP contribution is -2.55. The van der Waals surface area contributed by atoms with Gasteiger partial charge in [-0.15, -0.1) is 0 Å². The van der Waals surface area contributed by atoms with Gasteiger partial charge in [0.1, 0.15) is 10.9 Å². The average molecular weight is 344 g/mol. The normalized spacial score (nSPS) is 20.1. The Labute approximate surface area is 123 Å². The van der Waals surface area contributed by atoms with Crippen LogP contribution in [0.15, 0.2) is 23.1 Å². The second kappa shape index (κ2) is 5.15. The first-order chi connectivity index (χ1) is 9.56. The summed E-state index contributed by atoms with van der Waals surface area (Å²) in [6.07, 6.45) is -4.88. The van der Waals surface area contributed by atoms with Gasteiger partial charge in [0.15, 0.2) is 0 Å². The van der Waals surface area contributed by atoms with Gasteiger partial charge in [-0.25, -0.2) is 8.42 Å². The number of aliphatic carboxylic acids is 1. The van der Waals surface area contributed by atoms with Crippen molar-refractivity contribution >= 4 is 27.6 Å². The summed E-state index contributed by atoms with van der Waals surface area (Å²) in [6.45, 7) is -0.165. The average Bonchev–Trinajstić information content (AvgIpc) is 2.23. The van der Waals surface area contributed by atoms with Gasteiger partial charge in [-0.1, -0.05) is 17.7 Å². The third-order valence-corrected chi connectivity index (χ3v) is 5.53. The van der Waals surface area contributed by atoms with Crippen LogP contribution in [0.25, 0.3) is 0 Å². The molecule has 1 aromatic rings. The molecule has 1 heterocycles. The molecule has 21 heavy (non-hydrogen) atoms. The molecule has 0 saturated carbocycles. The molecule has 0 spiro atoms. The zero-order chi connectivity index (χ0) is 16.0. The number of alkyl halides is 3. The highest BCUT2D eigenvalue weighted by Crippen LogP contribution is 2.40. The number of rotatable bonds is 3. The van der Waals surface area contributed by atoms with E-state index < -0.39 is 43.7 Å². The number of halogens is 4. The van der Waals surface area contributed by atoms with Crippen molar-refractivity contribution < 1.29 is 31.5 Å².